The van der Waals surface area contributed by atoms with Gasteiger partial charge in [-0.05, 0) is 37.5 Å². The van der Waals surface area contributed by atoms with E-state index in [2.05, 4.69) is 41.5 Å². The summed E-state index contributed by atoms with van der Waals surface area (Å²) in [4.78, 5) is 72.8. The number of ether oxygens (including phenoxy) is 4. The van der Waals surface area contributed by atoms with Crippen molar-refractivity contribution in [3.63, 3.8) is 0 Å². The van der Waals surface area contributed by atoms with E-state index in [4.69, 9.17) is 37.0 Å². The molecule has 0 aromatic carbocycles. The van der Waals surface area contributed by atoms with Gasteiger partial charge in [-0.1, -0.05) is 356 Å². The molecule has 0 heterocycles. The number of aliphatic hydroxyl groups is 1. The Bertz CT molecular complexity index is 1870. The van der Waals surface area contributed by atoms with Gasteiger partial charge in [-0.25, -0.2) is 9.13 Å². The monoisotopic (exact) mass is 1420 g/mol. The van der Waals surface area contributed by atoms with Crippen molar-refractivity contribution in [1.29, 1.82) is 0 Å². The third-order valence-electron chi connectivity index (χ3n) is 18.2. The first-order valence-corrected chi connectivity index (χ1v) is 43.5. The normalized spacial score (nSPS) is 14.0. The topological polar surface area (TPSA) is 237 Å². The van der Waals surface area contributed by atoms with Gasteiger partial charge in [-0.2, -0.15) is 0 Å². The Kier molecular flexibility index (Phi) is 68.4. The lowest BCUT2D eigenvalue weighted by molar-refractivity contribution is -0.161. The molecule has 3 N–H and O–H groups in total. The second-order valence-corrected chi connectivity index (χ2v) is 32.0. The number of hydrogen-bond donors (Lipinski definition) is 3. The highest BCUT2D eigenvalue weighted by molar-refractivity contribution is 7.47. The van der Waals surface area contributed by atoms with Gasteiger partial charge in [0.15, 0.2) is 12.2 Å². The van der Waals surface area contributed by atoms with E-state index in [-0.39, 0.29) is 25.7 Å². The minimum atomic E-state index is -4.96. The summed E-state index contributed by atoms with van der Waals surface area (Å²) in [6.07, 6.45) is 58.5. The molecular formula is C78H152O17P2. The van der Waals surface area contributed by atoms with Crippen LogP contribution in [0, 0.1) is 11.8 Å². The summed E-state index contributed by atoms with van der Waals surface area (Å²) in [6.45, 7) is 9.52. The van der Waals surface area contributed by atoms with Crippen molar-refractivity contribution in [1.82, 2.24) is 0 Å². The highest BCUT2D eigenvalue weighted by atomic mass is 31.2. The summed E-state index contributed by atoms with van der Waals surface area (Å²) >= 11 is 0. The highest BCUT2D eigenvalue weighted by Crippen LogP contribution is 2.45. The van der Waals surface area contributed by atoms with Crippen LogP contribution in [0.25, 0.3) is 0 Å². The summed E-state index contributed by atoms with van der Waals surface area (Å²) in [5.41, 5.74) is 0. The minimum Gasteiger partial charge on any atom is -0.462 e. The Morgan fingerprint density at radius 2 is 0.474 bits per heavy atom. The van der Waals surface area contributed by atoms with E-state index in [9.17, 15) is 43.2 Å². The molecule has 97 heavy (non-hydrogen) atoms. The molecule has 576 valence electrons. The molecule has 0 aliphatic carbocycles. The van der Waals surface area contributed by atoms with Crippen molar-refractivity contribution < 1.29 is 80.2 Å². The van der Waals surface area contributed by atoms with E-state index >= 15 is 0 Å². The van der Waals surface area contributed by atoms with Crippen molar-refractivity contribution in [2.24, 2.45) is 11.8 Å². The molecule has 17 nitrogen and oxygen atoms in total. The van der Waals surface area contributed by atoms with E-state index in [1.807, 2.05) is 0 Å². The molecule has 0 rings (SSSR count). The van der Waals surface area contributed by atoms with E-state index in [0.29, 0.717) is 31.6 Å². The van der Waals surface area contributed by atoms with Gasteiger partial charge in [0.05, 0.1) is 26.4 Å². The Morgan fingerprint density at radius 1 is 0.278 bits per heavy atom. The van der Waals surface area contributed by atoms with Crippen molar-refractivity contribution in [3.8, 4) is 0 Å². The molecule has 0 amide bonds. The predicted molar refractivity (Wildman–Crippen MR) is 395 cm³/mol. The summed E-state index contributed by atoms with van der Waals surface area (Å²) in [5.74, 6) is -0.684. The van der Waals surface area contributed by atoms with Crippen LogP contribution in [0.15, 0.2) is 0 Å². The zero-order valence-electron chi connectivity index (χ0n) is 63.4. The van der Waals surface area contributed by atoms with Crippen molar-refractivity contribution >= 4 is 39.5 Å². The van der Waals surface area contributed by atoms with Crippen LogP contribution in [0.1, 0.15) is 408 Å². The Hall–Kier alpha value is -1.94. The van der Waals surface area contributed by atoms with Crippen LogP contribution in [0.2, 0.25) is 0 Å². The number of aliphatic hydroxyl groups excluding tert-OH is 1. The van der Waals surface area contributed by atoms with Gasteiger partial charge in [0.1, 0.15) is 19.3 Å². The molecule has 19 heteroatoms. The molecule has 0 aromatic rings. The van der Waals surface area contributed by atoms with Crippen LogP contribution in [0.3, 0.4) is 0 Å². The van der Waals surface area contributed by atoms with Crippen LogP contribution in [-0.4, -0.2) is 96.7 Å². The standard InChI is InChI=1S/C78H152O17P2/c1-7-9-11-13-15-17-19-21-23-24-25-26-27-29-31-33-38-42-50-56-62-77(82)94-73(66-88-75(80)60-54-48-41-37-32-30-28-22-20-18-16-14-12-10-8-2)68-92-96(84,85)90-64-72(79)65-91-97(86,87)93-69-74(67-89-76(81)61-55-49-45-44-47-53-59-71(5)6)95-78(83)63-57-51-43-39-35-34-36-40-46-52-58-70(3)4/h70-74,79H,7-69H2,1-6H3,(H,84,85)(H,86,87)/t72-,73-,74-/m1/s1. The third kappa shape index (κ3) is 72.2. The highest BCUT2D eigenvalue weighted by Gasteiger charge is 2.30. The largest absolute Gasteiger partial charge is 0.472 e. The molecule has 5 atom stereocenters. The molecular weight excluding hydrogens is 1270 g/mol. The van der Waals surface area contributed by atoms with E-state index in [1.54, 1.807) is 0 Å². The first-order valence-electron chi connectivity index (χ1n) is 40.5. The number of hydrogen-bond acceptors (Lipinski definition) is 15. The predicted octanol–water partition coefficient (Wildman–Crippen LogP) is 23.1. The van der Waals surface area contributed by atoms with E-state index < -0.39 is 97.5 Å². The maximum atomic E-state index is 13.1. The molecule has 2 unspecified atom stereocenters. The van der Waals surface area contributed by atoms with Gasteiger partial charge in [0.25, 0.3) is 0 Å². The maximum absolute atomic E-state index is 13.1. The maximum Gasteiger partial charge on any atom is 0.472 e. The van der Waals surface area contributed by atoms with Crippen LogP contribution in [-0.2, 0) is 65.4 Å². The Morgan fingerprint density at radius 3 is 0.701 bits per heavy atom. The number of carbonyl (C=O) groups is 4. The lowest BCUT2D eigenvalue weighted by Crippen LogP contribution is -2.30. The number of rotatable bonds is 77. The average molecular weight is 1420 g/mol. The van der Waals surface area contributed by atoms with Gasteiger partial charge in [-0.15, -0.1) is 0 Å². The Labute approximate surface area is 594 Å². The SMILES string of the molecule is CCCCCCCCCCCCCCCCCCCCCCC(=O)O[C@H](COC(=O)CCCCCCCCCCCCCCCCC)COP(=O)(O)OC[C@@H](O)COP(=O)(O)OC[C@@H](COC(=O)CCCCCCCCC(C)C)OC(=O)CCCCCCCCCCCCC(C)C. The minimum absolute atomic E-state index is 0.105. The molecule has 0 aliphatic heterocycles. The molecule has 0 bridgehead atoms. The number of phosphoric ester groups is 2. The second kappa shape index (κ2) is 69.8. The molecule has 0 fully saturated rings. The fourth-order valence-electron chi connectivity index (χ4n) is 12.0. The van der Waals surface area contributed by atoms with Gasteiger partial charge in [-0.3, -0.25) is 37.3 Å². The summed E-state index contributed by atoms with van der Waals surface area (Å²) < 4.78 is 68.6. The molecule has 0 saturated carbocycles. The van der Waals surface area contributed by atoms with E-state index in [1.165, 1.54) is 218 Å². The summed E-state index contributed by atoms with van der Waals surface area (Å²) in [5, 5.41) is 10.6. The van der Waals surface area contributed by atoms with Crippen LogP contribution in [0.4, 0.5) is 0 Å². The zero-order valence-corrected chi connectivity index (χ0v) is 65.2. The van der Waals surface area contributed by atoms with Gasteiger partial charge in [0.2, 0.25) is 0 Å². The first kappa shape index (κ1) is 95.1. The van der Waals surface area contributed by atoms with Crippen LogP contribution >= 0.6 is 15.6 Å². The second-order valence-electron chi connectivity index (χ2n) is 29.1. The summed E-state index contributed by atoms with van der Waals surface area (Å²) in [7, 11) is -9.91. The molecule has 0 saturated heterocycles. The number of carbonyl (C=O) groups excluding carboxylic acids is 4. The first-order chi connectivity index (χ1) is 46.9. The lowest BCUT2D eigenvalue weighted by Gasteiger charge is -2.21. The van der Waals surface area contributed by atoms with Crippen molar-refractivity contribution in [2.75, 3.05) is 39.6 Å². The third-order valence-corrected chi connectivity index (χ3v) is 20.1. The average Bonchev–Trinajstić information content (AvgIpc) is 1.04. The van der Waals surface area contributed by atoms with E-state index in [0.717, 1.165) is 102 Å². The van der Waals surface area contributed by atoms with Crippen molar-refractivity contribution in [2.45, 2.75) is 426 Å². The van der Waals surface area contributed by atoms with Crippen LogP contribution < -0.4 is 0 Å². The summed E-state index contributed by atoms with van der Waals surface area (Å²) in [6, 6.07) is 0. The number of esters is 4. The molecule has 0 aromatic heterocycles. The number of unbranched alkanes of at least 4 members (excludes halogenated alkanes) is 47. The van der Waals surface area contributed by atoms with Crippen molar-refractivity contribution in [3.05, 3.63) is 0 Å². The van der Waals surface area contributed by atoms with Gasteiger partial charge < -0.3 is 33.8 Å². The van der Waals surface area contributed by atoms with Crippen LogP contribution in [0.5, 0.6) is 0 Å². The number of phosphoric acid groups is 2. The molecule has 0 aliphatic rings. The smallest absolute Gasteiger partial charge is 0.462 e. The quantitative estimate of drug-likeness (QED) is 0.0222. The fraction of sp³-hybridized carbons (Fsp3) is 0.949. The van der Waals surface area contributed by atoms with Gasteiger partial charge in [0, 0.05) is 25.7 Å². The lowest BCUT2D eigenvalue weighted by atomic mass is 10.0. The fourth-order valence-corrected chi connectivity index (χ4v) is 13.6. The Balaban J connectivity index is 5.21. The molecule has 0 radical (unpaired) electrons. The molecule has 0 spiro atoms. The zero-order chi connectivity index (χ0) is 71.4. The van der Waals surface area contributed by atoms with Gasteiger partial charge >= 0.3 is 39.5 Å².